The van der Waals surface area contributed by atoms with E-state index in [1.165, 1.54) is 0 Å². The van der Waals surface area contributed by atoms with E-state index in [9.17, 15) is 9.90 Å². The Bertz CT molecular complexity index is 788. The number of hydrogen-bond acceptors (Lipinski definition) is 5. The lowest BCUT2D eigenvalue weighted by molar-refractivity contribution is -0.129. The van der Waals surface area contributed by atoms with Crippen molar-refractivity contribution in [2.75, 3.05) is 19.9 Å². The van der Waals surface area contributed by atoms with E-state index in [1.54, 1.807) is 4.90 Å². The van der Waals surface area contributed by atoms with Crippen molar-refractivity contribution in [1.82, 2.24) is 15.1 Å². The van der Waals surface area contributed by atoms with Gasteiger partial charge in [-0.05, 0) is 37.1 Å². The predicted molar refractivity (Wildman–Crippen MR) is 89.4 cm³/mol. The maximum absolute atomic E-state index is 12.6. The molecule has 0 spiro atoms. The van der Waals surface area contributed by atoms with E-state index in [1.807, 2.05) is 31.2 Å². The van der Waals surface area contributed by atoms with Crippen LogP contribution in [0.25, 0.3) is 0 Å². The van der Waals surface area contributed by atoms with E-state index in [0.29, 0.717) is 31.0 Å². The standard InChI is InChI=1S/C18H21N3O4/c1-11-4-14(20-19-11)7-13-8-21(9-15(13)22)18(23)6-12-2-3-16-17(5-12)25-10-24-16/h2-5,13,15,22H,6-10H2,1H3,(H,19,20)/t13-,15+/m1/s1. The molecule has 1 fully saturated rings. The fraction of sp³-hybridized carbons (Fsp3) is 0.444. The summed E-state index contributed by atoms with van der Waals surface area (Å²) in [7, 11) is 0. The smallest absolute Gasteiger partial charge is 0.231 e. The van der Waals surface area contributed by atoms with Crippen molar-refractivity contribution >= 4 is 5.91 Å². The van der Waals surface area contributed by atoms with Crippen LogP contribution in [0.5, 0.6) is 11.5 Å². The minimum absolute atomic E-state index is 0.0126. The third kappa shape index (κ3) is 3.32. The second kappa shape index (κ2) is 6.40. The number of aromatic nitrogens is 2. The zero-order chi connectivity index (χ0) is 17.4. The van der Waals surface area contributed by atoms with Crippen molar-refractivity contribution in [2.24, 2.45) is 5.92 Å². The SMILES string of the molecule is Cc1cc(C[C@@H]2CN(C(=O)Cc3ccc4c(c3)OCO4)C[C@@H]2O)n[nH]1. The van der Waals surface area contributed by atoms with E-state index >= 15 is 0 Å². The summed E-state index contributed by atoms with van der Waals surface area (Å²) in [6.07, 6.45) is 0.439. The molecule has 1 aromatic carbocycles. The van der Waals surface area contributed by atoms with Gasteiger partial charge in [0.15, 0.2) is 11.5 Å². The molecule has 1 amide bonds. The third-order valence-corrected chi connectivity index (χ3v) is 4.78. The summed E-state index contributed by atoms with van der Waals surface area (Å²) < 4.78 is 10.6. The topological polar surface area (TPSA) is 87.7 Å². The van der Waals surface area contributed by atoms with E-state index in [2.05, 4.69) is 10.2 Å². The number of carbonyl (C=O) groups is 1. The van der Waals surface area contributed by atoms with E-state index in [4.69, 9.17) is 9.47 Å². The van der Waals surface area contributed by atoms with Gasteiger partial charge in [0.25, 0.3) is 0 Å². The van der Waals surface area contributed by atoms with Gasteiger partial charge in [-0.2, -0.15) is 5.10 Å². The van der Waals surface area contributed by atoms with Gasteiger partial charge in [-0.1, -0.05) is 6.07 Å². The number of aromatic amines is 1. The number of aliphatic hydroxyl groups is 1. The highest BCUT2D eigenvalue weighted by molar-refractivity contribution is 5.79. The fourth-order valence-electron chi connectivity index (χ4n) is 3.44. The molecule has 25 heavy (non-hydrogen) atoms. The number of fused-ring (bicyclic) bond motifs is 1. The van der Waals surface area contributed by atoms with Gasteiger partial charge in [0.1, 0.15) is 0 Å². The predicted octanol–water partition coefficient (Wildman–Crippen LogP) is 1.05. The Balaban J connectivity index is 1.38. The minimum atomic E-state index is -0.516. The largest absolute Gasteiger partial charge is 0.454 e. The molecule has 2 aliphatic rings. The van der Waals surface area contributed by atoms with Crippen LogP contribution in [0, 0.1) is 12.8 Å². The zero-order valence-corrected chi connectivity index (χ0v) is 14.1. The lowest BCUT2D eigenvalue weighted by Crippen LogP contribution is -2.31. The maximum Gasteiger partial charge on any atom is 0.231 e. The van der Waals surface area contributed by atoms with Crippen LogP contribution in [0.2, 0.25) is 0 Å². The average Bonchev–Trinajstić information content (AvgIpc) is 3.29. The molecule has 132 valence electrons. The molecule has 2 N–H and O–H groups in total. The molecule has 4 rings (SSSR count). The first-order valence-corrected chi connectivity index (χ1v) is 8.44. The molecule has 0 aliphatic carbocycles. The molecule has 0 unspecified atom stereocenters. The molecule has 2 aromatic rings. The highest BCUT2D eigenvalue weighted by Crippen LogP contribution is 2.33. The Kier molecular flexibility index (Phi) is 4.09. The third-order valence-electron chi connectivity index (χ3n) is 4.78. The number of aliphatic hydroxyl groups excluding tert-OH is 1. The van der Waals surface area contributed by atoms with Crippen LogP contribution in [-0.2, 0) is 17.6 Å². The highest BCUT2D eigenvalue weighted by Gasteiger charge is 2.34. The minimum Gasteiger partial charge on any atom is -0.454 e. The number of β-amino-alcohol motifs (C(OH)–C–C–N with tert-alkyl or cyclic N) is 1. The van der Waals surface area contributed by atoms with E-state index in [-0.39, 0.29) is 25.0 Å². The Morgan fingerprint density at radius 2 is 2.16 bits per heavy atom. The van der Waals surface area contributed by atoms with Crippen LogP contribution in [-0.4, -0.2) is 52.1 Å². The van der Waals surface area contributed by atoms with Gasteiger partial charge in [0.05, 0.1) is 18.2 Å². The van der Waals surface area contributed by atoms with E-state index in [0.717, 1.165) is 17.0 Å². The van der Waals surface area contributed by atoms with Crippen LogP contribution in [0.15, 0.2) is 24.3 Å². The van der Waals surface area contributed by atoms with Gasteiger partial charge in [0.2, 0.25) is 12.7 Å². The van der Waals surface area contributed by atoms with Crippen LogP contribution in [0.3, 0.4) is 0 Å². The Morgan fingerprint density at radius 3 is 2.96 bits per heavy atom. The van der Waals surface area contributed by atoms with Gasteiger partial charge in [-0.3, -0.25) is 9.89 Å². The molecule has 0 bridgehead atoms. The van der Waals surface area contributed by atoms with Gasteiger partial charge >= 0.3 is 0 Å². The van der Waals surface area contributed by atoms with E-state index < -0.39 is 6.10 Å². The number of H-pyrrole nitrogens is 1. The van der Waals surface area contributed by atoms with Gasteiger partial charge in [-0.25, -0.2) is 0 Å². The summed E-state index contributed by atoms with van der Waals surface area (Å²) in [5, 5.41) is 17.4. The second-order valence-electron chi connectivity index (χ2n) is 6.74. The molecule has 0 radical (unpaired) electrons. The molecular formula is C18H21N3O4. The Hall–Kier alpha value is -2.54. The lowest BCUT2D eigenvalue weighted by atomic mass is 10.0. The number of ether oxygens (including phenoxy) is 2. The Morgan fingerprint density at radius 1 is 1.32 bits per heavy atom. The number of amides is 1. The maximum atomic E-state index is 12.6. The summed E-state index contributed by atoms with van der Waals surface area (Å²) in [4.78, 5) is 14.3. The summed E-state index contributed by atoms with van der Waals surface area (Å²) in [5.41, 5.74) is 2.81. The number of hydrogen-bond donors (Lipinski definition) is 2. The first-order chi connectivity index (χ1) is 12.1. The van der Waals surface area contributed by atoms with Gasteiger partial charge < -0.3 is 19.5 Å². The first-order valence-electron chi connectivity index (χ1n) is 8.44. The van der Waals surface area contributed by atoms with Crippen molar-refractivity contribution in [3.63, 3.8) is 0 Å². The van der Waals surface area contributed by atoms with Crippen LogP contribution < -0.4 is 9.47 Å². The molecule has 1 aromatic heterocycles. The van der Waals surface area contributed by atoms with Crippen LogP contribution in [0.4, 0.5) is 0 Å². The fourth-order valence-corrected chi connectivity index (χ4v) is 3.44. The number of rotatable bonds is 4. The van der Waals surface area contributed by atoms with Crippen LogP contribution >= 0.6 is 0 Å². The van der Waals surface area contributed by atoms with Gasteiger partial charge in [0, 0.05) is 24.7 Å². The van der Waals surface area contributed by atoms with Crippen molar-refractivity contribution in [3.05, 3.63) is 41.2 Å². The van der Waals surface area contributed by atoms with Crippen molar-refractivity contribution in [3.8, 4) is 11.5 Å². The van der Waals surface area contributed by atoms with Crippen LogP contribution in [0.1, 0.15) is 17.0 Å². The number of benzene rings is 1. The molecular weight excluding hydrogens is 322 g/mol. The number of nitrogens with zero attached hydrogens (tertiary/aromatic N) is 2. The summed E-state index contributed by atoms with van der Waals surface area (Å²) in [5.74, 6) is 1.42. The quantitative estimate of drug-likeness (QED) is 0.866. The molecule has 2 atom stereocenters. The van der Waals surface area contributed by atoms with Crippen molar-refractivity contribution < 1.29 is 19.4 Å². The molecule has 0 saturated carbocycles. The van der Waals surface area contributed by atoms with Crippen molar-refractivity contribution in [1.29, 1.82) is 0 Å². The molecule has 3 heterocycles. The zero-order valence-electron chi connectivity index (χ0n) is 14.1. The lowest BCUT2D eigenvalue weighted by Gasteiger charge is -2.16. The summed E-state index contributed by atoms with van der Waals surface area (Å²) in [6.45, 7) is 3.09. The molecule has 7 nitrogen and oxygen atoms in total. The van der Waals surface area contributed by atoms with Gasteiger partial charge in [-0.15, -0.1) is 0 Å². The Labute approximate surface area is 145 Å². The number of aryl methyl sites for hydroxylation is 1. The average molecular weight is 343 g/mol. The normalized spacial score (nSPS) is 21.8. The second-order valence-corrected chi connectivity index (χ2v) is 6.74. The number of nitrogens with one attached hydrogen (secondary N) is 1. The summed E-state index contributed by atoms with van der Waals surface area (Å²) in [6, 6.07) is 7.52. The molecule has 2 aliphatic heterocycles. The number of likely N-dealkylation sites (tertiary alicyclic amines) is 1. The molecule has 1 saturated heterocycles. The highest BCUT2D eigenvalue weighted by atomic mass is 16.7. The first kappa shape index (κ1) is 16.0. The monoisotopic (exact) mass is 343 g/mol. The number of carbonyl (C=O) groups excluding carboxylic acids is 1. The summed E-state index contributed by atoms with van der Waals surface area (Å²) >= 11 is 0. The molecule has 7 heteroatoms. The van der Waals surface area contributed by atoms with Crippen molar-refractivity contribution in [2.45, 2.75) is 25.9 Å².